The summed E-state index contributed by atoms with van der Waals surface area (Å²) in [5.41, 5.74) is 4.10. The minimum Gasteiger partial charge on any atom is -0.477 e. The molecule has 3 heterocycles. The van der Waals surface area contributed by atoms with Gasteiger partial charge in [0.05, 0.1) is 6.61 Å². The summed E-state index contributed by atoms with van der Waals surface area (Å²) in [5, 5.41) is 9.33. The van der Waals surface area contributed by atoms with Gasteiger partial charge in [-0.25, -0.2) is 4.98 Å². The lowest BCUT2D eigenvalue weighted by molar-refractivity contribution is -0.113. The van der Waals surface area contributed by atoms with E-state index in [4.69, 9.17) is 9.47 Å². The normalized spacial score (nSPS) is 20.7. The van der Waals surface area contributed by atoms with Crippen molar-refractivity contribution in [2.24, 2.45) is 5.92 Å². The van der Waals surface area contributed by atoms with E-state index in [9.17, 15) is 4.79 Å². The van der Waals surface area contributed by atoms with Crippen molar-refractivity contribution in [1.82, 2.24) is 15.6 Å². The smallest absolute Gasteiger partial charge is 0.275 e. The van der Waals surface area contributed by atoms with Gasteiger partial charge in [-0.15, -0.1) is 0 Å². The van der Waals surface area contributed by atoms with E-state index in [2.05, 4.69) is 20.9 Å². The number of piperidine rings is 1. The topological polar surface area (TPSA) is 84.5 Å². The summed E-state index contributed by atoms with van der Waals surface area (Å²) in [6.45, 7) is 6.60. The van der Waals surface area contributed by atoms with Crippen LogP contribution in [0.2, 0.25) is 0 Å². The standard InChI is InChI=1S/C23H28N4O3/c1-15-5-6-18(10-20(15)27-23(28)21-14-29-16(2)26-21)19-7-8-22(25-12-19)30-13-17-4-3-9-24-11-17/h5-8,10,12,14,16-17,24,26H,3-4,9,11,13H2,1-2H3,(H,27,28). The number of nitrogens with one attached hydrogen (secondary N) is 3. The van der Waals surface area contributed by atoms with E-state index >= 15 is 0 Å². The number of amides is 1. The molecule has 30 heavy (non-hydrogen) atoms. The maximum Gasteiger partial charge on any atom is 0.275 e. The molecule has 158 valence electrons. The SMILES string of the molecule is Cc1ccc(-c2ccc(OCC3CCCNC3)nc2)cc1NC(=O)C1=COC(C)N1. The summed E-state index contributed by atoms with van der Waals surface area (Å²) >= 11 is 0. The molecule has 2 unspecified atom stereocenters. The maximum atomic E-state index is 12.5. The molecule has 1 saturated heterocycles. The van der Waals surface area contributed by atoms with Crippen LogP contribution in [0.15, 0.2) is 48.5 Å². The Labute approximate surface area is 176 Å². The van der Waals surface area contributed by atoms with E-state index in [1.807, 2.05) is 44.2 Å². The fourth-order valence-corrected chi connectivity index (χ4v) is 3.61. The Balaban J connectivity index is 1.41. The van der Waals surface area contributed by atoms with Crippen LogP contribution in [0.4, 0.5) is 5.69 Å². The molecule has 1 aromatic carbocycles. The first-order valence-corrected chi connectivity index (χ1v) is 10.4. The number of benzene rings is 1. The van der Waals surface area contributed by atoms with Crippen LogP contribution in [0.25, 0.3) is 11.1 Å². The molecule has 2 atom stereocenters. The number of nitrogens with zero attached hydrogens (tertiary/aromatic N) is 1. The zero-order chi connectivity index (χ0) is 20.9. The summed E-state index contributed by atoms with van der Waals surface area (Å²) < 4.78 is 11.1. The molecule has 0 aliphatic carbocycles. The van der Waals surface area contributed by atoms with Gasteiger partial charge in [0.1, 0.15) is 12.0 Å². The van der Waals surface area contributed by atoms with Gasteiger partial charge in [0.25, 0.3) is 5.91 Å². The van der Waals surface area contributed by atoms with Crippen molar-refractivity contribution >= 4 is 11.6 Å². The van der Waals surface area contributed by atoms with E-state index in [-0.39, 0.29) is 12.1 Å². The van der Waals surface area contributed by atoms with Gasteiger partial charge in [0.15, 0.2) is 6.23 Å². The minimum absolute atomic E-state index is 0.195. The van der Waals surface area contributed by atoms with Crippen LogP contribution < -0.4 is 20.7 Å². The Kier molecular flexibility index (Phi) is 6.18. The Morgan fingerprint density at radius 2 is 2.17 bits per heavy atom. The molecule has 2 aliphatic heterocycles. The monoisotopic (exact) mass is 408 g/mol. The molecule has 2 aromatic rings. The van der Waals surface area contributed by atoms with Gasteiger partial charge in [-0.05, 0) is 56.5 Å². The maximum absolute atomic E-state index is 12.5. The van der Waals surface area contributed by atoms with Crippen molar-refractivity contribution in [3.8, 4) is 17.0 Å². The number of hydrogen-bond acceptors (Lipinski definition) is 6. The number of hydrogen-bond donors (Lipinski definition) is 3. The van der Waals surface area contributed by atoms with Crippen molar-refractivity contribution in [2.75, 3.05) is 25.0 Å². The van der Waals surface area contributed by atoms with Gasteiger partial charge in [-0.2, -0.15) is 0 Å². The molecular formula is C23H28N4O3. The van der Waals surface area contributed by atoms with Crippen LogP contribution in [-0.2, 0) is 9.53 Å². The van der Waals surface area contributed by atoms with Crippen molar-refractivity contribution in [3.63, 3.8) is 0 Å². The third-order valence-corrected chi connectivity index (χ3v) is 5.41. The number of carbonyl (C=O) groups excluding carboxylic acids is 1. The van der Waals surface area contributed by atoms with E-state index in [0.29, 0.717) is 24.1 Å². The Hall–Kier alpha value is -3.06. The van der Waals surface area contributed by atoms with Gasteiger partial charge in [0.2, 0.25) is 5.88 Å². The van der Waals surface area contributed by atoms with E-state index in [0.717, 1.165) is 35.5 Å². The molecule has 2 aliphatic rings. The highest BCUT2D eigenvalue weighted by Gasteiger charge is 2.19. The lowest BCUT2D eigenvalue weighted by Crippen LogP contribution is -2.33. The molecule has 0 spiro atoms. The summed E-state index contributed by atoms with van der Waals surface area (Å²) in [6.07, 6.45) is 5.46. The van der Waals surface area contributed by atoms with Crippen LogP contribution in [0.5, 0.6) is 5.88 Å². The van der Waals surface area contributed by atoms with E-state index < -0.39 is 0 Å². The molecule has 1 fully saturated rings. The summed E-state index contributed by atoms with van der Waals surface area (Å²) in [4.78, 5) is 16.9. The van der Waals surface area contributed by atoms with Crippen molar-refractivity contribution in [3.05, 3.63) is 54.1 Å². The highest BCUT2D eigenvalue weighted by Crippen LogP contribution is 2.26. The summed E-state index contributed by atoms with van der Waals surface area (Å²) in [6, 6.07) is 9.86. The Bertz CT molecular complexity index is 921. The second kappa shape index (κ2) is 9.17. The fraction of sp³-hybridized carbons (Fsp3) is 0.391. The van der Waals surface area contributed by atoms with Gasteiger partial charge in [0, 0.05) is 36.0 Å². The highest BCUT2D eigenvalue weighted by molar-refractivity contribution is 6.04. The van der Waals surface area contributed by atoms with Crippen LogP contribution in [-0.4, -0.2) is 36.8 Å². The fourth-order valence-electron chi connectivity index (χ4n) is 3.61. The average molecular weight is 409 g/mol. The average Bonchev–Trinajstić information content (AvgIpc) is 3.21. The molecule has 1 aromatic heterocycles. The van der Waals surface area contributed by atoms with Crippen molar-refractivity contribution in [2.45, 2.75) is 32.9 Å². The molecule has 4 rings (SSSR count). The molecule has 3 N–H and O–H groups in total. The number of ether oxygens (including phenoxy) is 2. The van der Waals surface area contributed by atoms with Gasteiger partial charge < -0.3 is 25.4 Å². The highest BCUT2D eigenvalue weighted by atomic mass is 16.5. The first-order valence-electron chi connectivity index (χ1n) is 10.4. The van der Waals surface area contributed by atoms with E-state index in [1.54, 1.807) is 6.20 Å². The van der Waals surface area contributed by atoms with Crippen LogP contribution in [0.1, 0.15) is 25.3 Å². The van der Waals surface area contributed by atoms with Crippen molar-refractivity contribution < 1.29 is 14.3 Å². The third kappa shape index (κ3) is 4.91. The van der Waals surface area contributed by atoms with Crippen LogP contribution >= 0.6 is 0 Å². The number of aromatic nitrogens is 1. The number of pyridine rings is 1. The molecule has 7 heteroatoms. The predicted octanol–water partition coefficient (Wildman–Crippen LogP) is 3.18. The minimum atomic E-state index is -0.223. The van der Waals surface area contributed by atoms with Gasteiger partial charge in [-0.1, -0.05) is 12.1 Å². The number of rotatable bonds is 6. The molecule has 0 radical (unpaired) electrons. The number of anilines is 1. The zero-order valence-electron chi connectivity index (χ0n) is 17.4. The summed E-state index contributed by atoms with van der Waals surface area (Å²) in [7, 11) is 0. The molecule has 0 bridgehead atoms. The quantitative estimate of drug-likeness (QED) is 0.681. The first kappa shape index (κ1) is 20.2. The second-order valence-electron chi connectivity index (χ2n) is 7.85. The van der Waals surface area contributed by atoms with E-state index in [1.165, 1.54) is 19.1 Å². The molecular weight excluding hydrogens is 380 g/mol. The van der Waals surface area contributed by atoms with Gasteiger partial charge in [-0.3, -0.25) is 4.79 Å². The lowest BCUT2D eigenvalue weighted by Gasteiger charge is -2.22. The number of aryl methyl sites for hydroxylation is 1. The zero-order valence-corrected chi connectivity index (χ0v) is 17.4. The van der Waals surface area contributed by atoms with Crippen molar-refractivity contribution in [1.29, 1.82) is 0 Å². The predicted molar refractivity (Wildman–Crippen MR) is 116 cm³/mol. The summed E-state index contributed by atoms with van der Waals surface area (Å²) in [5.74, 6) is 0.957. The third-order valence-electron chi connectivity index (χ3n) is 5.41. The molecule has 1 amide bonds. The Morgan fingerprint density at radius 1 is 1.30 bits per heavy atom. The second-order valence-corrected chi connectivity index (χ2v) is 7.85. The van der Waals surface area contributed by atoms with Crippen LogP contribution in [0.3, 0.4) is 0 Å². The number of carbonyl (C=O) groups is 1. The Morgan fingerprint density at radius 3 is 2.87 bits per heavy atom. The largest absolute Gasteiger partial charge is 0.477 e. The first-order chi connectivity index (χ1) is 14.6. The molecule has 0 saturated carbocycles. The molecule has 7 nitrogen and oxygen atoms in total. The lowest BCUT2D eigenvalue weighted by atomic mass is 10.0. The van der Waals surface area contributed by atoms with Gasteiger partial charge >= 0.3 is 0 Å². The van der Waals surface area contributed by atoms with Crippen LogP contribution in [0, 0.1) is 12.8 Å².